The number of ether oxygens (including phenoxy) is 1. The smallest absolute Gasteiger partial charge is 0.246 e. The maximum absolute atomic E-state index is 13.6. The Labute approximate surface area is 233 Å². The monoisotopic (exact) mass is 560 g/mol. The van der Waals surface area contributed by atoms with Crippen molar-refractivity contribution in [1.82, 2.24) is 20.5 Å². The Hall–Kier alpha value is -2.86. The van der Waals surface area contributed by atoms with E-state index < -0.39 is 29.5 Å². The van der Waals surface area contributed by atoms with Crippen LogP contribution in [0.15, 0.2) is 29.8 Å². The van der Waals surface area contributed by atoms with E-state index in [1.807, 2.05) is 57.5 Å². The minimum Gasteiger partial charge on any atom is -0.396 e. The Morgan fingerprint density at radius 3 is 2.54 bits per heavy atom. The highest BCUT2D eigenvalue weighted by atomic mass is 32.1. The van der Waals surface area contributed by atoms with Gasteiger partial charge in [0.15, 0.2) is 0 Å². The minimum atomic E-state index is -0.884. The van der Waals surface area contributed by atoms with E-state index in [-0.39, 0.29) is 51.0 Å². The zero-order chi connectivity index (χ0) is 28.6. The van der Waals surface area contributed by atoms with Crippen LogP contribution in [0, 0.1) is 12.3 Å². The lowest BCUT2D eigenvalue weighted by molar-refractivity contribution is -0.144. The van der Waals surface area contributed by atoms with E-state index in [0.717, 1.165) is 21.7 Å². The van der Waals surface area contributed by atoms with Gasteiger partial charge in [-0.25, -0.2) is 4.98 Å². The van der Waals surface area contributed by atoms with Crippen LogP contribution in [-0.4, -0.2) is 82.4 Å². The molecule has 4 N–H and O–H groups in total. The van der Waals surface area contributed by atoms with E-state index in [4.69, 9.17) is 9.84 Å². The molecule has 1 aliphatic rings. The fourth-order valence-electron chi connectivity index (χ4n) is 4.45. The number of amides is 3. The third-order valence-electron chi connectivity index (χ3n) is 6.63. The van der Waals surface area contributed by atoms with E-state index in [0.29, 0.717) is 13.0 Å². The van der Waals surface area contributed by atoms with Gasteiger partial charge in [0.2, 0.25) is 17.7 Å². The van der Waals surface area contributed by atoms with E-state index in [9.17, 15) is 19.5 Å². The summed E-state index contributed by atoms with van der Waals surface area (Å²) in [6, 6.07) is 6.15. The summed E-state index contributed by atoms with van der Waals surface area (Å²) in [6.45, 7) is 8.33. The van der Waals surface area contributed by atoms with Gasteiger partial charge in [0, 0.05) is 39.1 Å². The average Bonchev–Trinajstić information content (AvgIpc) is 3.50. The molecular weight excluding hydrogens is 520 g/mol. The predicted octanol–water partition coefficient (Wildman–Crippen LogP) is 2.02. The Morgan fingerprint density at radius 1 is 1.21 bits per heavy atom. The number of benzene rings is 1. The highest BCUT2D eigenvalue weighted by Gasteiger charge is 2.44. The SMILES string of the molecule is Cc1ncsc1-c1ccc(CNC(=O)C2CC(O)CN2C(=O)C(NC(=O)CCOCCCO)C(C)(C)C)cc1. The molecule has 1 saturated heterocycles. The highest BCUT2D eigenvalue weighted by Crippen LogP contribution is 2.28. The van der Waals surface area contributed by atoms with Crippen molar-refractivity contribution in [3.8, 4) is 10.4 Å². The molecule has 2 heterocycles. The van der Waals surface area contributed by atoms with Crippen LogP contribution in [0.1, 0.15) is 51.3 Å². The first-order valence-corrected chi connectivity index (χ1v) is 14.1. The summed E-state index contributed by atoms with van der Waals surface area (Å²) in [5.41, 5.74) is 4.13. The number of carbonyl (C=O) groups excluding carboxylic acids is 3. The van der Waals surface area contributed by atoms with Crippen LogP contribution in [0.5, 0.6) is 0 Å². The predicted molar refractivity (Wildman–Crippen MR) is 149 cm³/mol. The van der Waals surface area contributed by atoms with Crippen LogP contribution in [-0.2, 0) is 25.7 Å². The molecule has 39 heavy (non-hydrogen) atoms. The van der Waals surface area contributed by atoms with Gasteiger partial charge in [-0.1, -0.05) is 45.0 Å². The first-order valence-electron chi connectivity index (χ1n) is 13.2. The van der Waals surface area contributed by atoms with Gasteiger partial charge in [-0.3, -0.25) is 14.4 Å². The van der Waals surface area contributed by atoms with Crippen LogP contribution in [0.3, 0.4) is 0 Å². The van der Waals surface area contributed by atoms with Crippen LogP contribution >= 0.6 is 11.3 Å². The summed E-state index contributed by atoms with van der Waals surface area (Å²) in [7, 11) is 0. The number of nitrogens with zero attached hydrogens (tertiary/aromatic N) is 2. The fourth-order valence-corrected chi connectivity index (χ4v) is 5.26. The van der Waals surface area contributed by atoms with Crippen LogP contribution < -0.4 is 10.6 Å². The normalized spacial score (nSPS) is 18.2. The van der Waals surface area contributed by atoms with Crippen LogP contribution in [0.25, 0.3) is 10.4 Å². The second-order valence-electron chi connectivity index (χ2n) is 10.9. The summed E-state index contributed by atoms with van der Waals surface area (Å²) in [5.74, 6) is -1.10. The summed E-state index contributed by atoms with van der Waals surface area (Å²) >= 11 is 1.58. The molecule has 3 unspecified atom stereocenters. The molecular formula is C28H40N4O6S. The second kappa shape index (κ2) is 14.0. The number of aliphatic hydroxyl groups is 2. The van der Waals surface area contributed by atoms with Gasteiger partial charge in [-0.15, -0.1) is 11.3 Å². The standard InChI is InChI=1S/C28H40N4O6S/c1-18-24(39-17-30-18)20-8-6-19(7-9-20)15-29-26(36)22-14-21(34)16-32(22)27(37)25(28(2,3)4)31-23(35)10-13-38-12-5-11-33/h6-9,17,21-22,25,33-34H,5,10-16H2,1-4H3,(H,29,36)(H,31,35). The Bertz CT molecular complexity index is 1110. The van der Waals surface area contributed by atoms with Gasteiger partial charge in [0.1, 0.15) is 12.1 Å². The van der Waals surface area contributed by atoms with E-state index in [1.54, 1.807) is 11.3 Å². The van der Waals surface area contributed by atoms with Crippen molar-refractivity contribution < 1.29 is 29.3 Å². The molecule has 3 atom stereocenters. The number of rotatable bonds is 12. The zero-order valence-corrected chi connectivity index (χ0v) is 23.9. The number of thiazole rings is 1. The highest BCUT2D eigenvalue weighted by molar-refractivity contribution is 7.13. The van der Waals surface area contributed by atoms with Gasteiger partial charge in [0.25, 0.3) is 0 Å². The number of carbonyl (C=O) groups is 3. The van der Waals surface area contributed by atoms with Crippen molar-refractivity contribution in [2.24, 2.45) is 5.41 Å². The van der Waals surface area contributed by atoms with Gasteiger partial charge < -0.3 is 30.5 Å². The average molecular weight is 561 g/mol. The van der Waals surface area contributed by atoms with E-state index in [2.05, 4.69) is 15.6 Å². The third-order valence-corrected chi connectivity index (χ3v) is 7.61. The van der Waals surface area contributed by atoms with Crippen molar-refractivity contribution in [3.63, 3.8) is 0 Å². The first-order chi connectivity index (χ1) is 18.5. The molecule has 3 rings (SSSR count). The molecule has 1 aromatic heterocycles. The number of nitrogens with one attached hydrogen (secondary N) is 2. The topological polar surface area (TPSA) is 141 Å². The molecule has 0 aliphatic carbocycles. The van der Waals surface area contributed by atoms with Gasteiger partial charge in [-0.05, 0) is 29.9 Å². The molecule has 0 spiro atoms. The number of hydrogen-bond donors (Lipinski definition) is 4. The molecule has 0 saturated carbocycles. The Morgan fingerprint density at radius 2 is 1.92 bits per heavy atom. The van der Waals surface area contributed by atoms with Crippen molar-refractivity contribution >= 4 is 29.1 Å². The molecule has 1 aromatic carbocycles. The summed E-state index contributed by atoms with van der Waals surface area (Å²) < 4.78 is 5.32. The molecule has 2 aromatic rings. The van der Waals surface area contributed by atoms with Gasteiger partial charge in [0.05, 0.1) is 28.8 Å². The van der Waals surface area contributed by atoms with Crippen molar-refractivity contribution in [1.29, 1.82) is 0 Å². The molecule has 3 amide bonds. The molecule has 10 nitrogen and oxygen atoms in total. The van der Waals surface area contributed by atoms with Crippen LogP contribution in [0.4, 0.5) is 0 Å². The van der Waals surface area contributed by atoms with E-state index >= 15 is 0 Å². The number of β-amino-alcohol motifs (C(OH)–C–C–N with tert-alkyl or cyclic N) is 1. The molecule has 1 aliphatic heterocycles. The lowest BCUT2D eigenvalue weighted by Gasteiger charge is -2.35. The largest absolute Gasteiger partial charge is 0.396 e. The first kappa shape index (κ1) is 30.7. The number of aromatic nitrogens is 1. The quantitative estimate of drug-likeness (QED) is 0.291. The maximum atomic E-state index is 13.6. The zero-order valence-electron chi connectivity index (χ0n) is 23.1. The number of aryl methyl sites for hydroxylation is 1. The number of hydrogen-bond acceptors (Lipinski definition) is 8. The summed E-state index contributed by atoms with van der Waals surface area (Å²) in [6.07, 6.45) is -0.143. The summed E-state index contributed by atoms with van der Waals surface area (Å²) in [4.78, 5) is 46.1. The van der Waals surface area contributed by atoms with Gasteiger partial charge >= 0.3 is 0 Å². The van der Waals surface area contributed by atoms with Crippen molar-refractivity contribution in [2.45, 2.75) is 71.7 Å². The molecule has 1 fully saturated rings. The lowest BCUT2D eigenvalue weighted by atomic mass is 9.85. The number of likely N-dealkylation sites (tertiary alicyclic amines) is 1. The third kappa shape index (κ3) is 8.56. The molecule has 0 bridgehead atoms. The second-order valence-corrected chi connectivity index (χ2v) is 11.7. The fraction of sp³-hybridized carbons (Fsp3) is 0.571. The lowest BCUT2D eigenvalue weighted by Crippen LogP contribution is -2.57. The van der Waals surface area contributed by atoms with E-state index in [1.165, 1.54) is 4.90 Å². The molecule has 0 radical (unpaired) electrons. The Balaban J connectivity index is 1.61. The van der Waals surface area contributed by atoms with Crippen molar-refractivity contribution in [2.75, 3.05) is 26.4 Å². The number of aliphatic hydroxyl groups excluding tert-OH is 2. The molecule has 214 valence electrons. The van der Waals surface area contributed by atoms with Gasteiger partial charge in [-0.2, -0.15) is 0 Å². The minimum absolute atomic E-state index is 0.0166. The Kier molecular flexibility index (Phi) is 11.0. The molecule has 11 heteroatoms. The maximum Gasteiger partial charge on any atom is 0.246 e. The summed E-state index contributed by atoms with van der Waals surface area (Å²) in [5, 5.41) is 24.9. The van der Waals surface area contributed by atoms with Crippen molar-refractivity contribution in [3.05, 3.63) is 41.0 Å². The van der Waals surface area contributed by atoms with Crippen LogP contribution in [0.2, 0.25) is 0 Å².